The van der Waals surface area contributed by atoms with Crippen molar-refractivity contribution in [3.05, 3.63) is 35.6 Å². The standard InChI is InChI=1S/C12H13FN2/c13-11-4-2-10(3-5-11)8-12(9-14)6-1-7-15-12/h2-5,15H,1,6-8H2. The van der Waals surface area contributed by atoms with Gasteiger partial charge in [-0.3, -0.25) is 5.32 Å². The maximum absolute atomic E-state index is 12.7. The highest BCUT2D eigenvalue weighted by atomic mass is 19.1. The Morgan fingerprint density at radius 1 is 1.40 bits per heavy atom. The van der Waals surface area contributed by atoms with Gasteiger partial charge in [0.05, 0.1) is 6.07 Å². The molecule has 3 heteroatoms. The first-order valence-electron chi connectivity index (χ1n) is 5.15. The van der Waals surface area contributed by atoms with Gasteiger partial charge >= 0.3 is 0 Å². The van der Waals surface area contributed by atoms with Crippen LogP contribution in [0.2, 0.25) is 0 Å². The van der Waals surface area contributed by atoms with Crippen LogP contribution in [0, 0.1) is 17.1 Å². The van der Waals surface area contributed by atoms with Crippen LogP contribution in [0.3, 0.4) is 0 Å². The van der Waals surface area contributed by atoms with Gasteiger partial charge in [0.2, 0.25) is 0 Å². The molecule has 1 N–H and O–H groups in total. The summed E-state index contributed by atoms with van der Waals surface area (Å²) in [5.74, 6) is -0.232. The Kier molecular flexibility index (Phi) is 2.70. The van der Waals surface area contributed by atoms with Gasteiger partial charge in [-0.15, -0.1) is 0 Å². The molecule has 78 valence electrons. The first kappa shape index (κ1) is 10.1. The molecular formula is C12H13FN2. The molecule has 1 aromatic rings. The molecule has 2 nitrogen and oxygen atoms in total. The van der Waals surface area contributed by atoms with E-state index in [1.165, 1.54) is 12.1 Å². The molecule has 2 rings (SSSR count). The predicted octanol–water partition coefficient (Wildman–Crippen LogP) is 2.01. The second-order valence-electron chi connectivity index (χ2n) is 4.03. The van der Waals surface area contributed by atoms with Crippen molar-refractivity contribution >= 4 is 0 Å². The monoisotopic (exact) mass is 204 g/mol. The van der Waals surface area contributed by atoms with Gasteiger partial charge in [0, 0.05) is 6.42 Å². The molecule has 0 aliphatic carbocycles. The molecular weight excluding hydrogens is 191 g/mol. The first-order valence-corrected chi connectivity index (χ1v) is 5.15. The predicted molar refractivity (Wildman–Crippen MR) is 55.7 cm³/mol. The lowest BCUT2D eigenvalue weighted by molar-refractivity contribution is 0.480. The summed E-state index contributed by atoms with van der Waals surface area (Å²) in [6.07, 6.45) is 2.57. The van der Waals surface area contributed by atoms with Crippen LogP contribution in [0.4, 0.5) is 4.39 Å². The molecule has 1 aliphatic heterocycles. The molecule has 1 heterocycles. The molecule has 1 aliphatic rings. The van der Waals surface area contributed by atoms with E-state index in [0.717, 1.165) is 24.9 Å². The summed E-state index contributed by atoms with van der Waals surface area (Å²) >= 11 is 0. The van der Waals surface area contributed by atoms with E-state index >= 15 is 0 Å². The largest absolute Gasteiger partial charge is 0.299 e. The van der Waals surface area contributed by atoms with Crippen LogP contribution < -0.4 is 5.32 Å². The van der Waals surface area contributed by atoms with Gasteiger partial charge < -0.3 is 0 Å². The zero-order valence-corrected chi connectivity index (χ0v) is 8.46. The lowest BCUT2D eigenvalue weighted by atomic mass is 9.91. The maximum atomic E-state index is 12.7. The van der Waals surface area contributed by atoms with Crippen LogP contribution in [0.15, 0.2) is 24.3 Å². The van der Waals surface area contributed by atoms with Crippen LogP contribution in [-0.2, 0) is 6.42 Å². The molecule has 1 saturated heterocycles. The van der Waals surface area contributed by atoms with E-state index in [-0.39, 0.29) is 5.82 Å². The fraction of sp³-hybridized carbons (Fsp3) is 0.417. The quantitative estimate of drug-likeness (QED) is 0.800. The van der Waals surface area contributed by atoms with Gasteiger partial charge in [-0.2, -0.15) is 5.26 Å². The van der Waals surface area contributed by atoms with Crippen molar-refractivity contribution in [3.63, 3.8) is 0 Å². The molecule has 1 atom stereocenters. The molecule has 0 spiro atoms. The Balaban J connectivity index is 2.14. The first-order chi connectivity index (χ1) is 7.24. The third-order valence-electron chi connectivity index (χ3n) is 2.88. The topological polar surface area (TPSA) is 35.8 Å². The molecule has 0 bridgehead atoms. The van der Waals surface area contributed by atoms with Crippen molar-refractivity contribution in [1.82, 2.24) is 5.32 Å². The summed E-state index contributed by atoms with van der Waals surface area (Å²) in [4.78, 5) is 0. The van der Waals surface area contributed by atoms with E-state index in [0.29, 0.717) is 6.42 Å². The summed E-state index contributed by atoms with van der Waals surface area (Å²) in [6.45, 7) is 0.898. The fourth-order valence-corrected chi connectivity index (χ4v) is 2.04. The molecule has 15 heavy (non-hydrogen) atoms. The molecule has 0 aromatic heterocycles. The number of hydrogen-bond acceptors (Lipinski definition) is 2. The van der Waals surface area contributed by atoms with Crippen LogP contribution in [0.25, 0.3) is 0 Å². The number of nitriles is 1. The van der Waals surface area contributed by atoms with Crippen molar-refractivity contribution in [3.8, 4) is 6.07 Å². The minimum Gasteiger partial charge on any atom is -0.299 e. The third-order valence-corrected chi connectivity index (χ3v) is 2.88. The number of nitrogens with zero attached hydrogens (tertiary/aromatic N) is 1. The molecule has 0 amide bonds. The third kappa shape index (κ3) is 2.16. The summed E-state index contributed by atoms with van der Waals surface area (Å²) in [6, 6.07) is 8.70. The number of benzene rings is 1. The zero-order chi connectivity index (χ0) is 10.7. The van der Waals surface area contributed by atoms with Gasteiger partial charge in [-0.25, -0.2) is 4.39 Å². The SMILES string of the molecule is N#CC1(Cc2ccc(F)cc2)CCCN1. The summed E-state index contributed by atoms with van der Waals surface area (Å²) in [7, 11) is 0. The van der Waals surface area contributed by atoms with Crippen molar-refractivity contribution in [2.24, 2.45) is 0 Å². The minimum absolute atomic E-state index is 0.232. The van der Waals surface area contributed by atoms with Gasteiger partial charge in [-0.05, 0) is 37.1 Å². The van der Waals surface area contributed by atoms with Gasteiger partial charge in [-0.1, -0.05) is 12.1 Å². The van der Waals surface area contributed by atoms with E-state index in [1.54, 1.807) is 12.1 Å². The summed E-state index contributed by atoms with van der Waals surface area (Å²) < 4.78 is 12.7. The van der Waals surface area contributed by atoms with E-state index < -0.39 is 5.54 Å². The average Bonchev–Trinajstić information content (AvgIpc) is 2.71. The smallest absolute Gasteiger partial charge is 0.123 e. The number of rotatable bonds is 2. The lowest BCUT2D eigenvalue weighted by Gasteiger charge is -2.20. The molecule has 0 saturated carbocycles. The van der Waals surface area contributed by atoms with E-state index in [1.807, 2.05) is 0 Å². The van der Waals surface area contributed by atoms with Crippen LogP contribution >= 0.6 is 0 Å². The van der Waals surface area contributed by atoms with Crippen LogP contribution in [-0.4, -0.2) is 12.1 Å². The molecule has 1 unspecified atom stereocenters. The van der Waals surface area contributed by atoms with Crippen molar-refractivity contribution in [1.29, 1.82) is 5.26 Å². The highest BCUT2D eigenvalue weighted by Gasteiger charge is 2.33. The summed E-state index contributed by atoms with van der Waals surface area (Å²) in [5, 5.41) is 12.4. The number of halogens is 1. The minimum atomic E-state index is -0.433. The normalized spacial score (nSPS) is 25.1. The lowest BCUT2D eigenvalue weighted by Crippen LogP contribution is -2.40. The van der Waals surface area contributed by atoms with Crippen LogP contribution in [0.1, 0.15) is 18.4 Å². The Morgan fingerprint density at radius 3 is 2.67 bits per heavy atom. The van der Waals surface area contributed by atoms with Gasteiger partial charge in [0.25, 0.3) is 0 Å². The van der Waals surface area contributed by atoms with E-state index in [2.05, 4.69) is 11.4 Å². The Bertz CT molecular complexity index is 372. The maximum Gasteiger partial charge on any atom is 0.123 e. The Hall–Kier alpha value is -1.40. The van der Waals surface area contributed by atoms with Crippen molar-refractivity contribution in [2.45, 2.75) is 24.8 Å². The number of hydrogen-bond donors (Lipinski definition) is 1. The van der Waals surface area contributed by atoms with E-state index in [9.17, 15) is 4.39 Å². The highest BCUT2D eigenvalue weighted by molar-refractivity contribution is 5.23. The Labute approximate surface area is 88.7 Å². The molecule has 1 fully saturated rings. The van der Waals surface area contributed by atoms with Crippen molar-refractivity contribution < 1.29 is 4.39 Å². The average molecular weight is 204 g/mol. The zero-order valence-electron chi connectivity index (χ0n) is 8.46. The second-order valence-corrected chi connectivity index (χ2v) is 4.03. The number of nitrogens with one attached hydrogen (secondary N) is 1. The Morgan fingerprint density at radius 2 is 2.13 bits per heavy atom. The molecule has 1 aromatic carbocycles. The van der Waals surface area contributed by atoms with Gasteiger partial charge in [0.1, 0.15) is 11.4 Å². The fourth-order valence-electron chi connectivity index (χ4n) is 2.04. The summed E-state index contributed by atoms with van der Waals surface area (Å²) in [5.41, 5.74) is 0.574. The van der Waals surface area contributed by atoms with Gasteiger partial charge in [0.15, 0.2) is 0 Å². The second kappa shape index (κ2) is 4.00. The van der Waals surface area contributed by atoms with Crippen LogP contribution in [0.5, 0.6) is 0 Å². The molecule has 0 radical (unpaired) electrons. The highest BCUT2D eigenvalue weighted by Crippen LogP contribution is 2.23. The van der Waals surface area contributed by atoms with Crippen molar-refractivity contribution in [2.75, 3.05) is 6.54 Å². The van der Waals surface area contributed by atoms with E-state index in [4.69, 9.17) is 5.26 Å².